The van der Waals surface area contributed by atoms with Crippen LogP contribution in [0, 0.1) is 10.1 Å². The van der Waals surface area contributed by atoms with Crippen LogP contribution in [-0.4, -0.2) is 22.4 Å². The van der Waals surface area contributed by atoms with Crippen molar-refractivity contribution in [1.29, 1.82) is 0 Å². The number of hydrogen-bond acceptors (Lipinski definition) is 5. The summed E-state index contributed by atoms with van der Waals surface area (Å²) in [4.78, 5) is 25.8. The molecule has 0 aliphatic rings. The number of benzene rings is 1. The number of nitrogens with zero attached hydrogens (tertiary/aromatic N) is 2. The summed E-state index contributed by atoms with van der Waals surface area (Å²) >= 11 is 0. The molecule has 0 unspecified atom stereocenters. The van der Waals surface area contributed by atoms with Gasteiger partial charge in [0.15, 0.2) is 0 Å². The van der Waals surface area contributed by atoms with Gasteiger partial charge >= 0.3 is 0 Å². The first-order valence-electron chi connectivity index (χ1n) is 6.29. The Morgan fingerprint density at radius 3 is 2.62 bits per heavy atom. The summed E-state index contributed by atoms with van der Waals surface area (Å²) in [7, 11) is 0. The van der Waals surface area contributed by atoms with E-state index in [9.17, 15) is 14.9 Å². The number of non-ortho nitro benzene ring substituents is 1. The van der Waals surface area contributed by atoms with E-state index >= 15 is 0 Å². The van der Waals surface area contributed by atoms with E-state index in [-0.39, 0.29) is 11.6 Å². The summed E-state index contributed by atoms with van der Waals surface area (Å²) in [5.41, 5.74) is 7.32. The van der Waals surface area contributed by atoms with Crippen LogP contribution in [0.4, 0.5) is 11.4 Å². The van der Waals surface area contributed by atoms with Crippen molar-refractivity contribution in [2.45, 2.75) is 6.42 Å². The van der Waals surface area contributed by atoms with Gasteiger partial charge in [0, 0.05) is 24.9 Å². The molecule has 0 saturated carbocycles. The number of rotatable bonds is 5. The van der Waals surface area contributed by atoms with Crippen molar-refractivity contribution >= 4 is 17.3 Å². The molecule has 1 heterocycles. The molecule has 0 saturated heterocycles. The Bertz CT molecular complexity index is 656. The molecule has 0 fully saturated rings. The van der Waals surface area contributed by atoms with Crippen LogP contribution >= 0.6 is 0 Å². The summed E-state index contributed by atoms with van der Waals surface area (Å²) in [6.07, 6.45) is 3.50. The fourth-order valence-electron chi connectivity index (χ4n) is 1.81. The van der Waals surface area contributed by atoms with Gasteiger partial charge in [0.1, 0.15) is 0 Å². The first-order valence-corrected chi connectivity index (χ1v) is 6.29. The summed E-state index contributed by atoms with van der Waals surface area (Å²) in [6, 6.07) is 7.78. The average Bonchev–Trinajstić information content (AvgIpc) is 2.48. The monoisotopic (exact) mass is 286 g/mol. The molecule has 7 heteroatoms. The van der Waals surface area contributed by atoms with Gasteiger partial charge in [-0.25, -0.2) is 0 Å². The number of nitro groups is 1. The van der Waals surface area contributed by atoms with Crippen LogP contribution in [-0.2, 0) is 6.42 Å². The first kappa shape index (κ1) is 14.4. The third-order valence-corrected chi connectivity index (χ3v) is 2.94. The lowest BCUT2D eigenvalue weighted by Crippen LogP contribution is -2.26. The van der Waals surface area contributed by atoms with Crippen molar-refractivity contribution in [3.63, 3.8) is 0 Å². The second kappa shape index (κ2) is 6.47. The first-order chi connectivity index (χ1) is 10.1. The van der Waals surface area contributed by atoms with Gasteiger partial charge in [0.05, 0.1) is 22.4 Å². The number of carbonyl (C=O) groups excluding carboxylic acids is 1. The van der Waals surface area contributed by atoms with Crippen LogP contribution in [0.2, 0.25) is 0 Å². The molecule has 2 aromatic rings. The summed E-state index contributed by atoms with van der Waals surface area (Å²) in [5, 5.41) is 13.3. The van der Waals surface area contributed by atoms with Crippen molar-refractivity contribution < 1.29 is 9.72 Å². The van der Waals surface area contributed by atoms with Crippen LogP contribution in [0.1, 0.15) is 15.9 Å². The van der Waals surface area contributed by atoms with E-state index in [1.165, 1.54) is 24.5 Å². The molecule has 1 aromatic carbocycles. The number of nitrogens with two attached hydrogens (primary N) is 1. The maximum atomic E-state index is 11.9. The smallest absolute Gasteiger partial charge is 0.269 e. The quantitative estimate of drug-likeness (QED) is 0.639. The number of nitrogens with one attached hydrogen (secondary N) is 1. The average molecular weight is 286 g/mol. The fraction of sp³-hybridized carbons (Fsp3) is 0.143. The third-order valence-electron chi connectivity index (χ3n) is 2.94. The predicted molar refractivity (Wildman–Crippen MR) is 77.8 cm³/mol. The zero-order valence-electron chi connectivity index (χ0n) is 11.2. The van der Waals surface area contributed by atoms with E-state index in [4.69, 9.17) is 5.73 Å². The Balaban J connectivity index is 1.88. The Morgan fingerprint density at radius 1 is 1.29 bits per heavy atom. The maximum absolute atomic E-state index is 11.9. The van der Waals surface area contributed by atoms with Gasteiger partial charge in [-0.2, -0.15) is 0 Å². The molecule has 0 radical (unpaired) electrons. The second-order valence-electron chi connectivity index (χ2n) is 4.39. The van der Waals surface area contributed by atoms with Crippen LogP contribution in [0.3, 0.4) is 0 Å². The summed E-state index contributed by atoms with van der Waals surface area (Å²) < 4.78 is 0. The van der Waals surface area contributed by atoms with Crippen molar-refractivity contribution in [3.05, 3.63) is 64.0 Å². The van der Waals surface area contributed by atoms with E-state index < -0.39 is 4.92 Å². The largest absolute Gasteiger partial charge is 0.397 e. The van der Waals surface area contributed by atoms with Crippen molar-refractivity contribution in [1.82, 2.24) is 10.3 Å². The third kappa shape index (κ3) is 3.75. The Hall–Kier alpha value is -2.96. The predicted octanol–water partition coefficient (Wildman–Crippen LogP) is 1.54. The zero-order chi connectivity index (χ0) is 15.2. The van der Waals surface area contributed by atoms with Gasteiger partial charge in [0.25, 0.3) is 11.6 Å². The van der Waals surface area contributed by atoms with E-state index in [0.29, 0.717) is 24.2 Å². The molecule has 108 valence electrons. The minimum Gasteiger partial charge on any atom is -0.397 e. The van der Waals surface area contributed by atoms with E-state index in [1.807, 2.05) is 0 Å². The van der Waals surface area contributed by atoms with Crippen molar-refractivity contribution in [3.8, 4) is 0 Å². The SMILES string of the molecule is Nc1cnccc1C(=O)NCCc1ccc([N+](=O)[O-])cc1. The number of nitrogen functional groups attached to an aromatic ring is 1. The zero-order valence-corrected chi connectivity index (χ0v) is 11.2. The molecule has 0 aliphatic heterocycles. The number of nitro benzene ring substituents is 1. The molecule has 0 aliphatic carbocycles. The highest BCUT2D eigenvalue weighted by Crippen LogP contribution is 2.12. The molecule has 3 N–H and O–H groups in total. The van der Waals surface area contributed by atoms with Gasteiger partial charge in [0.2, 0.25) is 0 Å². The number of aromatic nitrogens is 1. The van der Waals surface area contributed by atoms with Gasteiger partial charge < -0.3 is 11.1 Å². The number of amides is 1. The fourth-order valence-corrected chi connectivity index (χ4v) is 1.81. The van der Waals surface area contributed by atoms with Gasteiger partial charge in [-0.1, -0.05) is 12.1 Å². The number of anilines is 1. The highest BCUT2D eigenvalue weighted by Gasteiger charge is 2.09. The second-order valence-corrected chi connectivity index (χ2v) is 4.39. The number of hydrogen-bond donors (Lipinski definition) is 2. The van der Waals surface area contributed by atoms with Crippen LogP contribution in [0.25, 0.3) is 0 Å². The molecule has 1 aromatic heterocycles. The van der Waals surface area contributed by atoms with Gasteiger partial charge in [-0.3, -0.25) is 19.9 Å². The molecule has 7 nitrogen and oxygen atoms in total. The lowest BCUT2D eigenvalue weighted by molar-refractivity contribution is -0.384. The molecule has 0 spiro atoms. The molecule has 0 atom stereocenters. The molecule has 21 heavy (non-hydrogen) atoms. The number of carbonyl (C=O) groups is 1. The van der Waals surface area contributed by atoms with Gasteiger partial charge in [-0.15, -0.1) is 0 Å². The molecule has 1 amide bonds. The summed E-state index contributed by atoms with van der Waals surface area (Å²) in [6.45, 7) is 0.415. The number of pyridine rings is 1. The molecule has 0 bridgehead atoms. The lowest BCUT2D eigenvalue weighted by Gasteiger charge is -2.07. The Morgan fingerprint density at radius 2 is 2.00 bits per heavy atom. The molecule has 2 rings (SSSR count). The standard InChI is InChI=1S/C14H14N4O3/c15-13-9-16-7-6-12(13)14(19)17-8-5-10-1-3-11(4-2-10)18(20)21/h1-4,6-7,9H,5,8,15H2,(H,17,19). The minimum absolute atomic E-state index is 0.0485. The minimum atomic E-state index is -0.447. The van der Waals surface area contributed by atoms with Crippen molar-refractivity contribution in [2.75, 3.05) is 12.3 Å². The van der Waals surface area contributed by atoms with E-state index in [1.54, 1.807) is 18.2 Å². The molecular weight excluding hydrogens is 272 g/mol. The highest BCUT2D eigenvalue weighted by atomic mass is 16.6. The van der Waals surface area contributed by atoms with Crippen LogP contribution in [0.5, 0.6) is 0 Å². The Kier molecular flexibility index (Phi) is 4.45. The van der Waals surface area contributed by atoms with Crippen molar-refractivity contribution in [2.24, 2.45) is 0 Å². The lowest BCUT2D eigenvalue weighted by atomic mass is 10.1. The Labute approximate surface area is 121 Å². The van der Waals surface area contributed by atoms with Gasteiger partial charge in [-0.05, 0) is 18.1 Å². The van der Waals surface area contributed by atoms with Crippen LogP contribution in [0.15, 0.2) is 42.7 Å². The van der Waals surface area contributed by atoms with E-state index in [2.05, 4.69) is 10.3 Å². The highest BCUT2D eigenvalue weighted by molar-refractivity contribution is 5.98. The molecular formula is C14H14N4O3. The van der Waals surface area contributed by atoms with E-state index in [0.717, 1.165) is 5.56 Å². The summed E-state index contributed by atoms with van der Waals surface area (Å²) in [5.74, 6) is -0.267. The maximum Gasteiger partial charge on any atom is 0.269 e. The normalized spacial score (nSPS) is 10.1. The topological polar surface area (TPSA) is 111 Å². The van der Waals surface area contributed by atoms with Crippen LogP contribution < -0.4 is 11.1 Å².